The summed E-state index contributed by atoms with van der Waals surface area (Å²) in [6, 6.07) is 13.8. The van der Waals surface area contributed by atoms with Crippen LogP contribution in [0.1, 0.15) is 17.2 Å². The highest BCUT2D eigenvalue weighted by molar-refractivity contribution is 6.04. The summed E-state index contributed by atoms with van der Waals surface area (Å²) in [7, 11) is 0. The fourth-order valence-corrected chi connectivity index (χ4v) is 2.83. The molecule has 2 heterocycles. The SMILES string of the molecule is Cc1ccc2c(c1)C(Nc1ccc3[nH]ccc3c1)C(=O)N2. The van der Waals surface area contributed by atoms with Crippen molar-refractivity contribution in [2.75, 3.05) is 10.6 Å². The van der Waals surface area contributed by atoms with Crippen molar-refractivity contribution in [2.24, 2.45) is 0 Å². The van der Waals surface area contributed by atoms with Gasteiger partial charge in [-0.1, -0.05) is 17.7 Å². The lowest BCUT2D eigenvalue weighted by molar-refractivity contribution is -0.116. The molecule has 4 nitrogen and oxygen atoms in total. The van der Waals surface area contributed by atoms with Crippen LogP contribution in [-0.2, 0) is 4.79 Å². The molecule has 3 N–H and O–H groups in total. The first-order chi connectivity index (χ1) is 10.2. The fourth-order valence-electron chi connectivity index (χ4n) is 2.83. The van der Waals surface area contributed by atoms with Crippen LogP contribution >= 0.6 is 0 Å². The Bertz CT molecular complexity index is 850. The first kappa shape index (κ1) is 12.0. The van der Waals surface area contributed by atoms with Crippen LogP contribution in [0.3, 0.4) is 0 Å². The van der Waals surface area contributed by atoms with Crippen LogP contribution in [0.2, 0.25) is 0 Å². The molecule has 1 aromatic heterocycles. The largest absolute Gasteiger partial charge is 0.370 e. The first-order valence-corrected chi connectivity index (χ1v) is 6.96. The van der Waals surface area contributed by atoms with Gasteiger partial charge in [0.15, 0.2) is 0 Å². The smallest absolute Gasteiger partial charge is 0.251 e. The number of carbonyl (C=O) groups is 1. The molecule has 0 radical (unpaired) electrons. The Morgan fingerprint density at radius 2 is 2.00 bits per heavy atom. The van der Waals surface area contributed by atoms with Crippen molar-refractivity contribution in [3.63, 3.8) is 0 Å². The minimum absolute atomic E-state index is 0.00948. The summed E-state index contributed by atoms with van der Waals surface area (Å²) in [4.78, 5) is 15.3. The Morgan fingerprint density at radius 3 is 2.90 bits per heavy atom. The first-order valence-electron chi connectivity index (χ1n) is 6.96. The van der Waals surface area contributed by atoms with Gasteiger partial charge >= 0.3 is 0 Å². The third-order valence-corrected chi connectivity index (χ3v) is 3.90. The van der Waals surface area contributed by atoms with E-state index >= 15 is 0 Å². The van der Waals surface area contributed by atoms with E-state index < -0.39 is 0 Å². The maximum absolute atomic E-state index is 12.2. The van der Waals surface area contributed by atoms with Crippen LogP contribution in [0.25, 0.3) is 10.9 Å². The number of nitrogens with one attached hydrogen (secondary N) is 3. The van der Waals surface area contributed by atoms with Crippen LogP contribution < -0.4 is 10.6 Å². The van der Waals surface area contributed by atoms with E-state index in [0.29, 0.717) is 0 Å². The molecular weight excluding hydrogens is 262 g/mol. The quantitative estimate of drug-likeness (QED) is 0.670. The molecule has 0 bridgehead atoms. The van der Waals surface area contributed by atoms with Gasteiger partial charge in [-0.25, -0.2) is 0 Å². The van der Waals surface area contributed by atoms with E-state index in [1.807, 2.05) is 49.5 Å². The van der Waals surface area contributed by atoms with Crippen molar-refractivity contribution in [1.29, 1.82) is 0 Å². The summed E-state index contributed by atoms with van der Waals surface area (Å²) < 4.78 is 0. The summed E-state index contributed by atoms with van der Waals surface area (Å²) in [5, 5.41) is 7.38. The lowest BCUT2D eigenvalue weighted by Gasteiger charge is -2.13. The van der Waals surface area contributed by atoms with Gasteiger partial charge in [-0.3, -0.25) is 4.79 Å². The average Bonchev–Trinajstić information content (AvgIpc) is 3.04. The molecule has 0 saturated carbocycles. The van der Waals surface area contributed by atoms with Gasteiger partial charge < -0.3 is 15.6 Å². The molecule has 1 atom stereocenters. The molecule has 4 rings (SSSR count). The number of amides is 1. The number of hydrogen-bond donors (Lipinski definition) is 3. The Kier molecular flexibility index (Phi) is 2.51. The molecule has 104 valence electrons. The zero-order chi connectivity index (χ0) is 14.4. The second kappa shape index (κ2) is 4.38. The summed E-state index contributed by atoms with van der Waals surface area (Å²) in [5.41, 5.74) is 5.09. The number of H-pyrrole nitrogens is 1. The number of hydrogen-bond acceptors (Lipinski definition) is 2. The minimum Gasteiger partial charge on any atom is -0.370 e. The van der Waals surface area contributed by atoms with E-state index in [4.69, 9.17) is 0 Å². The van der Waals surface area contributed by atoms with Crippen LogP contribution in [0.5, 0.6) is 0 Å². The molecule has 0 saturated heterocycles. The number of aromatic amines is 1. The van der Waals surface area contributed by atoms with Gasteiger partial charge in [0, 0.05) is 34.0 Å². The highest BCUT2D eigenvalue weighted by Gasteiger charge is 2.30. The zero-order valence-corrected chi connectivity index (χ0v) is 11.6. The number of carbonyl (C=O) groups excluding carboxylic acids is 1. The molecule has 1 unspecified atom stereocenters. The van der Waals surface area contributed by atoms with Crippen molar-refractivity contribution in [2.45, 2.75) is 13.0 Å². The van der Waals surface area contributed by atoms with Gasteiger partial charge in [0.2, 0.25) is 0 Å². The van der Waals surface area contributed by atoms with E-state index in [0.717, 1.165) is 33.4 Å². The van der Waals surface area contributed by atoms with Gasteiger partial charge in [-0.2, -0.15) is 0 Å². The maximum Gasteiger partial charge on any atom is 0.251 e. The minimum atomic E-state index is -0.337. The van der Waals surface area contributed by atoms with Crippen LogP contribution in [0, 0.1) is 6.92 Å². The molecule has 0 fully saturated rings. The van der Waals surface area contributed by atoms with Crippen LogP contribution in [0.4, 0.5) is 11.4 Å². The van der Waals surface area contributed by atoms with Gasteiger partial charge in [0.1, 0.15) is 6.04 Å². The van der Waals surface area contributed by atoms with Crippen molar-refractivity contribution < 1.29 is 4.79 Å². The molecule has 3 aromatic rings. The van der Waals surface area contributed by atoms with Crippen molar-refractivity contribution in [3.05, 3.63) is 59.8 Å². The third kappa shape index (κ3) is 1.96. The summed E-state index contributed by atoms with van der Waals surface area (Å²) >= 11 is 0. The number of benzene rings is 2. The Labute approximate surface area is 122 Å². The molecule has 0 aliphatic carbocycles. The summed E-state index contributed by atoms with van der Waals surface area (Å²) in [6.45, 7) is 2.03. The molecule has 2 aromatic carbocycles. The van der Waals surface area contributed by atoms with E-state index in [-0.39, 0.29) is 11.9 Å². The Hall–Kier alpha value is -2.75. The molecule has 21 heavy (non-hydrogen) atoms. The Morgan fingerprint density at radius 1 is 1.10 bits per heavy atom. The molecular formula is C17H15N3O. The van der Waals surface area contributed by atoms with Crippen LogP contribution in [0.15, 0.2) is 48.7 Å². The summed E-state index contributed by atoms with van der Waals surface area (Å²) in [5.74, 6) is -0.00948. The highest BCUT2D eigenvalue weighted by atomic mass is 16.2. The average molecular weight is 277 g/mol. The maximum atomic E-state index is 12.2. The zero-order valence-electron chi connectivity index (χ0n) is 11.6. The lowest BCUT2D eigenvalue weighted by Crippen LogP contribution is -2.19. The highest BCUT2D eigenvalue weighted by Crippen LogP contribution is 2.34. The predicted molar refractivity (Wildman–Crippen MR) is 84.5 cm³/mol. The van der Waals surface area contributed by atoms with Crippen molar-refractivity contribution in [1.82, 2.24) is 4.98 Å². The topological polar surface area (TPSA) is 56.9 Å². The number of anilines is 2. The number of aromatic nitrogens is 1. The van der Waals surface area contributed by atoms with Gasteiger partial charge in [-0.05, 0) is 37.3 Å². The number of rotatable bonds is 2. The third-order valence-electron chi connectivity index (χ3n) is 3.90. The van der Waals surface area contributed by atoms with Crippen LogP contribution in [-0.4, -0.2) is 10.9 Å². The number of fused-ring (bicyclic) bond motifs is 2. The van der Waals surface area contributed by atoms with Gasteiger partial charge in [0.25, 0.3) is 5.91 Å². The molecule has 4 heteroatoms. The standard InChI is InChI=1S/C17H15N3O/c1-10-2-4-15-13(8-10)16(17(21)20-15)19-12-3-5-14-11(9-12)6-7-18-14/h2-9,16,18-19H,1H3,(H,20,21). The number of aryl methyl sites for hydroxylation is 1. The summed E-state index contributed by atoms with van der Waals surface area (Å²) in [6.07, 6.45) is 1.91. The Balaban J connectivity index is 1.70. The molecule has 1 aliphatic heterocycles. The predicted octanol–water partition coefficient (Wildman–Crippen LogP) is 3.58. The second-order valence-corrected chi connectivity index (χ2v) is 5.44. The van der Waals surface area contributed by atoms with Gasteiger partial charge in [-0.15, -0.1) is 0 Å². The molecule has 0 spiro atoms. The van der Waals surface area contributed by atoms with E-state index in [1.165, 1.54) is 0 Å². The molecule has 1 aliphatic rings. The van der Waals surface area contributed by atoms with E-state index in [9.17, 15) is 4.79 Å². The molecule has 1 amide bonds. The van der Waals surface area contributed by atoms with Crippen molar-refractivity contribution in [3.8, 4) is 0 Å². The monoisotopic (exact) mass is 277 g/mol. The van der Waals surface area contributed by atoms with E-state index in [2.05, 4.69) is 21.7 Å². The normalized spacial score (nSPS) is 16.8. The lowest BCUT2D eigenvalue weighted by atomic mass is 10.0. The second-order valence-electron chi connectivity index (χ2n) is 5.44. The van der Waals surface area contributed by atoms with Crippen molar-refractivity contribution >= 4 is 28.2 Å². The van der Waals surface area contributed by atoms with E-state index in [1.54, 1.807) is 0 Å². The fraction of sp³-hybridized carbons (Fsp3) is 0.118. The van der Waals surface area contributed by atoms with Gasteiger partial charge in [0.05, 0.1) is 0 Å².